The van der Waals surface area contributed by atoms with E-state index in [4.69, 9.17) is 9.47 Å². The molecule has 0 aliphatic carbocycles. The highest BCUT2D eigenvalue weighted by atomic mass is 19.1. The minimum absolute atomic E-state index is 0.0135. The van der Waals surface area contributed by atoms with E-state index < -0.39 is 17.0 Å². The van der Waals surface area contributed by atoms with Gasteiger partial charge in [-0.25, -0.2) is 8.78 Å². The fourth-order valence-corrected chi connectivity index (χ4v) is 3.70. The molecule has 0 radical (unpaired) electrons. The van der Waals surface area contributed by atoms with Crippen LogP contribution in [0, 0.1) is 17.0 Å². The van der Waals surface area contributed by atoms with E-state index in [0.29, 0.717) is 43.0 Å². The van der Waals surface area contributed by atoms with Crippen LogP contribution in [0.25, 0.3) is 0 Å². The van der Waals surface area contributed by atoms with Gasteiger partial charge in [-0.2, -0.15) is 0 Å². The number of benzene rings is 2. The average molecular weight is 416 g/mol. The van der Waals surface area contributed by atoms with Gasteiger partial charge in [0.25, 0.3) is 5.91 Å². The van der Waals surface area contributed by atoms with Crippen molar-refractivity contribution in [2.75, 3.05) is 19.9 Å². The molecule has 30 heavy (non-hydrogen) atoms. The second kappa shape index (κ2) is 7.93. The van der Waals surface area contributed by atoms with E-state index >= 15 is 0 Å². The quantitative estimate of drug-likeness (QED) is 0.831. The number of nitrogens with zero attached hydrogens (tertiary/aromatic N) is 1. The number of rotatable bonds is 4. The molecule has 2 aromatic carbocycles. The third kappa shape index (κ3) is 3.94. The number of nitrogens with one attached hydrogen (secondary N) is 1. The molecule has 2 aliphatic rings. The molecule has 0 saturated carbocycles. The first-order chi connectivity index (χ1) is 14.4. The Hall–Kier alpha value is -3.16. The fraction of sp³-hybridized carbons (Fsp3) is 0.364. The zero-order valence-electron chi connectivity index (χ0n) is 16.5. The summed E-state index contributed by atoms with van der Waals surface area (Å²) in [6.07, 6.45) is 0.974. The highest BCUT2D eigenvalue weighted by Gasteiger charge is 2.38. The molecule has 0 spiro atoms. The number of amides is 2. The number of likely N-dealkylation sites (tertiary alicyclic amines) is 1. The predicted molar refractivity (Wildman–Crippen MR) is 104 cm³/mol. The highest BCUT2D eigenvalue weighted by Crippen LogP contribution is 2.35. The van der Waals surface area contributed by atoms with Crippen LogP contribution >= 0.6 is 0 Å². The molecule has 2 aliphatic heterocycles. The van der Waals surface area contributed by atoms with Gasteiger partial charge in [0.15, 0.2) is 11.5 Å². The lowest BCUT2D eigenvalue weighted by Crippen LogP contribution is -2.48. The predicted octanol–water partition coefficient (Wildman–Crippen LogP) is 3.25. The van der Waals surface area contributed by atoms with Crippen molar-refractivity contribution in [2.24, 2.45) is 5.41 Å². The van der Waals surface area contributed by atoms with Gasteiger partial charge in [0.1, 0.15) is 11.6 Å². The van der Waals surface area contributed by atoms with Gasteiger partial charge < -0.3 is 19.7 Å². The van der Waals surface area contributed by atoms with Gasteiger partial charge in [-0.3, -0.25) is 9.59 Å². The van der Waals surface area contributed by atoms with Crippen molar-refractivity contribution in [2.45, 2.75) is 26.3 Å². The number of carbonyl (C=O) groups excluding carboxylic acids is 2. The van der Waals surface area contributed by atoms with Crippen molar-refractivity contribution in [1.29, 1.82) is 0 Å². The molecule has 0 bridgehead atoms. The van der Waals surface area contributed by atoms with Crippen LogP contribution in [0.3, 0.4) is 0 Å². The van der Waals surface area contributed by atoms with Gasteiger partial charge in [0.2, 0.25) is 12.7 Å². The van der Waals surface area contributed by atoms with Crippen molar-refractivity contribution >= 4 is 11.8 Å². The molecule has 2 amide bonds. The second-order valence-corrected chi connectivity index (χ2v) is 7.84. The summed E-state index contributed by atoms with van der Waals surface area (Å²) in [5.41, 5.74) is 0.0742. The number of halogens is 2. The topological polar surface area (TPSA) is 67.9 Å². The molecule has 0 atom stereocenters. The lowest BCUT2D eigenvalue weighted by molar-refractivity contribution is -0.132. The van der Waals surface area contributed by atoms with E-state index in [1.807, 2.05) is 6.92 Å². The number of ether oxygens (including phenoxy) is 2. The minimum atomic E-state index is -0.690. The molecular formula is C22H22F2N2O4. The normalized spacial score (nSPS) is 17.0. The SMILES string of the molecule is CC1(C(=O)NCc2ccc(F)cc2F)CCN(C(=O)c2ccc3c(c2)OCO3)CC1. The monoisotopic (exact) mass is 416 g/mol. The van der Waals surface area contributed by atoms with Crippen molar-refractivity contribution in [3.05, 3.63) is 59.2 Å². The summed E-state index contributed by atoms with van der Waals surface area (Å²) >= 11 is 0. The summed E-state index contributed by atoms with van der Waals surface area (Å²) in [5.74, 6) is -0.508. The van der Waals surface area contributed by atoms with E-state index in [-0.39, 0.29) is 30.7 Å². The summed E-state index contributed by atoms with van der Waals surface area (Å²) < 4.78 is 37.4. The summed E-state index contributed by atoms with van der Waals surface area (Å²) in [5, 5.41) is 2.74. The summed E-state index contributed by atoms with van der Waals surface area (Å²) in [6, 6.07) is 8.36. The molecule has 0 unspecified atom stereocenters. The van der Waals surface area contributed by atoms with Crippen LogP contribution in [0.2, 0.25) is 0 Å². The van der Waals surface area contributed by atoms with E-state index in [1.165, 1.54) is 6.07 Å². The fourth-order valence-electron chi connectivity index (χ4n) is 3.70. The van der Waals surface area contributed by atoms with Crippen LogP contribution in [0.1, 0.15) is 35.7 Å². The van der Waals surface area contributed by atoms with Gasteiger partial charge in [-0.05, 0) is 37.1 Å². The number of carbonyl (C=O) groups is 2. The Morgan fingerprint density at radius 1 is 1.07 bits per heavy atom. The van der Waals surface area contributed by atoms with Gasteiger partial charge in [-0.1, -0.05) is 13.0 Å². The molecule has 6 nitrogen and oxygen atoms in total. The first-order valence-electron chi connectivity index (χ1n) is 9.77. The lowest BCUT2D eigenvalue weighted by atomic mass is 9.79. The van der Waals surface area contributed by atoms with E-state index in [2.05, 4.69) is 5.32 Å². The van der Waals surface area contributed by atoms with E-state index in [9.17, 15) is 18.4 Å². The van der Waals surface area contributed by atoms with E-state index in [1.54, 1.807) is 23.1 Å². The third-order valence-corrected chi connectivity index (χ3v) is 5.78. The zero-order chi connectivity index (χ0) is 21.3. The Morgan fingerprint density at radius 3 is 2.53 bits per heavy atom. The van der Waals surface area contributed by atoms with Gasteiger partial charge >= 0.3 is 0 Å². The van der Waals surface area contributed by atoms with Gasteiger partial charge in [0.05, 0.1) is 0 Å². The van der Waals surface area contributed by atoms with Crippen molar-refractivity contribution < 1.29 is 27.8 Å². The molecule has 158 valence electrons. The number of piperidine rings is 1. The van der Waals surface area contributed by atoms with Crippen LogP contribution in [0.15, 0.2) is 36.4 Å². The van der Waals surface area contributed by atoms with Crippen LogP contribution in [-0.2, 0) is 11.3 Å². The van der Waals surface area contributed by atoms with Crippen molar-refractivity contribution in [3.63, 3.8) is 0 Å². The molecule has 4 rings (SSSR count). The van der Waals surface area contributed by atoms with Gasteiger partial charge in [-0.15, -0.1) is 0 Å². The standard InChI is InChI=1S/C22H22F2N2O4/c1-22(21(28)25-12-15-2-4-16(23)11-17(15)24)6-8-26(9-7-22)20(27)14-3-5-18-19(10-14)30-13-29-18/h2-5,10-11H,6-9,12-13H2,1H3,(H,25,28). The molecule has 1 fully saturated rings. The maximum atomic E-state index is 13.8. The highest BCUT2D eigenvalue weighted by molar-refractivity contribution is 5.95. The Labute approximate surface area is 172 Å². The number of hydrogen-bond acceptors (Lipinski definition) is 4. The van der Waals surface area contributed by atoms with E-state index in [0.717, 1.165) is 12.1 Å². The molecule has 2 aromatic rings. The Bertz CT molecular complexity index is 987. The second-order valence-electron chi connectivity index (χ2n) is 7.84. The molecule has 1 saturated heterocycles. The van der Waals surface area contributed by atoms with Crippen LogP contribution < -0.4 is 14.8 Å². The first kappa shape index (κ1) is 20.1. The van der Waals surface area contributed by atoms with Crippen LogP contribution in [0.4, 0.5) is 8.78 Å². The van der Waals surface area contributed by atoms with Crippen molar-refractivity contribution in [3.8, 4) is 11.5 Å². The Kier molecular flexibility index (Phi) is 5.32. The van der Waals surface area contributed by atoms with Gasteiger partial charge in [0, 0.05) is 42.2 Å². The maximum Gasteiger partial charge on any atom is 0.253 e. The Morgan fingerprint density at radius 2 is 1.80 bits per heavy atom. The summed E-state index contributed by atoms with van der Waals surface area (Å²) in [6.45, 7) is 2.84. The molecule has 1 N–H and O–H groups in total. The lowest BCUT2D eigenvalue weighted by Gasteiger charge is -2.38. The summed E-state index contributed by atoms with van der Waals surface area (Å²) in [7, 11) is 0. The largest absolute Gasteiger partial charge is 0.454 e. The number of fused-ring (bicyclic) bond motifs is 1. The molecule has 8 heteroatoms. The average Bonchev–Trinajstić information content (AvgIpc) is 3.21. The van der Waals surface area contributed by atoms with Crippen molar-refractivity contribution in [1.82, 2.24) is 10.2 Å². The van der Waals surface area contributed by atoms with Crippen LogP contribution in [0.5, 0.6) is 11.5 Å². The maximum absolute atomic E-state index is 13.8. The number of hydrogen-bond donors (Lipinski definition) is 1. The Balaban J connectivity index is 1.34. The third-order valence-electron chi connectivity index (χ3n) is 5.78. The first-order valence-corrected chi connectivity index (χ1v) is 9.77. The molecule has 0 aromatic heterocycles. The smallest absolute Gasteiger partial charge is 0.253 e. The minimum Gasteiger partial charge on any atom is -0.454 e. The van der Waals surface area contributed by atoms with Crippen LogP contribution in [-0.4, -0.2) is 36.6 Å². The molecular weight excluding hydrogens is 394 g/mol. The zero-order valence-corrected chi connectivity index (χ0v) is 16.5. The molecule has 2 heterocycles. The summed E-state index contributed by atoms with van der Waals surface area (Å²) in [4.78, 5) is 27.2.